The van der Waals surface area contributed by atoms with E-state index in [0.29, 0.717) is 35.0 Å². The van der Waals surface area contributed by atoms with Crippen LogP contribution in [0.5, 0.6) is 0 Å². The molecule has 0 aliphatic carbocycles. The van der Waals surface area contributed by atoms with Gasteiger partial charge in [-0.05, 0) is 55.3 Å². The van der Waals surface area contributed by atoms with Gasteiger partial charge >= 0.3 is 0 Å². The first-order chi connectivity index (χ1) is 15.3. The highest BCUT2D eigenvalue weighted by Crippen LogP contribution is 2.22. The Morgan fingerprint density at radius 3 is 2.41 bits per heavy atom. The molecule has 0 aliphatic heterocycles. The van der Waals surface area contributed by atoms with Gasteiger partial charge in [0.15, 0.2) is 4.80 Å². The van der Waals surface area contributed by atoms with Crippen LogP contribution in [0.3, 0.4) is 0 Å². The van der Waals surface area contributed by atoms with E-state index >= 15 is 0 Å². The van der Waals surface area contributed by atoms with E-state index in [9.17, 15) is 13.2 Å². The first-order valence-corrected chi connectivity index (χ1v) is 13.0. The molecular weight excluding hydrogens is 466 g/mol. The van der Waals surface area contributed by atoms with Crippen LogP contribution in [0, 0.1) is 0 Å². The van der Waals surface area contributed by atoms with E-state index in [1.54, 1.807) is 12.1 Å². The number of allylic oxidation sites excluding steroid dienone is 1. The summed E-state index contributed by atoms with van der Waals surface area (Å²) in [5, 5.41) is 0.611. The summed E-state index contributed by atoms with van der Waals surface area (Å²) in [5.74, 6) is -0.441. The summed E-state index contributed by atoms with van der Waals surface area (Å²) in [6, 6.07) is 11.5. The molecule has 170 valence electrons. The van der Waals surface area contributed by atoms with E-state index in [2.05, 4.69) is 11.6 Å². The maximum absolute atomic E-state index is 12.9. The predicted molar refractivity (Wildman–Crippen MR) is 131 cm³/mol. The normalized spacial score (nSPS) is 12.6. The monoisotopic (exact) mass is 491 g/mol. The number of carbonyl (C=O) groups is 1. The third kappa shape index (κ3) is 5.20. The van der Waals surface area contributed by atoms with Crippen molar-refractivity contribution in [2.45, 2.75) is 38.1 Å². The number of nitrogens with zero attached hydrogens (tertiary/aromatic N) is 3. The number of amides is 1. The second-order valence-corrected chi connectivity index (χ2v) is 10.6. The van der Waals surface area contributed by atoms with Gasteiger partial charge in [0.2, 0.25) is 10.0 Å². The van der Waals surface area contributed by atoms with Crippen molar-refractivity contribution in [1.82, 2.24) is 8.87 Å². The molecule has 2 aromatic carbocycles. The Balaban J connectivity index is 1.95. The Hall–Kier alpha value is -2.26. The molecule has 6 nitrogen and oxygen atoms in total. The summed E-state index contributed by atoms with van der Waals surface area (Å²) < 4.78 is 30.1. The molecule has 3 aromatic rings. The van der Waals surface area contributed by atoms with E-state index in [-0.39, 0.29) is 4.90 Å². The SMILES string of the molecule is C=CCn1c(=NC(=O)c2ccc(S(=O)(=O)N(CCC)CCC)cc2)sc2cc(Cl)ccc21. The third-order valence-corrected chi connectivity index (χ3v) is 8.03. The number of sulfonamides is 1. The highest BCUT2D eigenvalue weighted by atomic mass is 35.5. The van der Waals surface area contributed by atoms with E-state index in [4.69, 9.17) is 11.6 Å². The van der Waals surface area contributed by atoms with Crippen LogP contribution in [-0.2, 0) is 16.6 Å². The van der Waals surface area contributed by atoms with Crippen molar-refractivity contribution < 1.29 is 13.2 Å². The molecule has 9 heteroatoms. The standard InChI is InChI=1S/C23H26ClN3O3S2/c1-4-13-26(14-5-2)32(29,30)19-10-7-17(8-11-19)22(28)25-23-27(15-6-3)20-12-9-18(24)16-21(20)31-23/h6-12,16H,3-5,13-15H2,1-2H3. The predicted octanol–water partition coefficient (Wildman–Crippen LogP) is 5.09. The van der Waals surface area contributed by atoms with Gasteiger partial charge in [-0.2, -0.15) is 9.30 Å². The first kappa shape index (κ1) is 24.4. The van der Waals surface area contributed by atoms with E-state index < -0.39 is 15.9 Å². The van der Waals surface area contributed by atoms with E-state index in [1.165, 1.54) is 39.9 Å². The second-order valence-electron chi connectivity index (χ2n) is 7.24. The van der Waals surface area contributed by atoms with Crippen LogP contribution in [0.25, 0.3) is 10.2 Å². The Morgan fingerprint density at radius 2 is 1.81 bits per heavy atom. The van der Waals surface area contributed by atoms with Crippen LogP contribution in [-0.4, -0.2) is 36.3 Å². The van der Waals surface area contributed by atoms with Crippen molar-refractivity contribution in [3.8, 4) is 0 Å². The molecule has 0 saturated carbocycles. The molecule has 3 rings (SSSR count). The maximum atomic E-state index is 12.9. The van der Waals surface area contributed by atoms with Crippen LogP contribution < -0.4 is 4.80 Å². The highest BCUT2D eigenvalue weighted by molar-refractivity contribution is 7.89. The first-order valence-electron chi connectivity index (χ1n) is 10.4. The summed E-state index contributed by atoms with van der Waals surface area (Å²) in [4.78, 5) is 17.8. The van der Waals surface area contributed by atoms with Crippen molar-refractivity contribution in [2.75, 3.05) is 13.1 Å². The summed E-state index contributed by atoms with van der Waals surface area (Å²) in [5.41, 5.74) is 1.24. The average molecular weight is 492 g/mol. The van der Waals surface area contributed by atoms with Gasteiger partial charge in [-0.15, -0.1) is 6.58 Å². The van der Waals surface area contributed by atoms with Gasteiger partial charge in [-0.3, -0.25) is 4.79 Å². The molecule has 0 N–H and O–H groups in total. The number of rotatable bonds is 9. The molecule has 32 heavy (non-hydrogen) atoms. The van der Waals surface area contributed by atoms with Crippen molar-refractivity contribution in [3.63, 3.8) is 0 Å². The van der Waals surface area contributed by atoms with Crippen LogP contribution >= 0.6 is 22.9 Å². The molecule has 0 aliphatic rings. The molecule has 0 bridgehead atoms. The van der Waals surface area contributed by atoms with Gasteiger partial charge < -0.3 is 4.57 Å². The number of fused-ring (bicyclic) bond motifs is 1. The zero-order valence-electron chi connectivity index (χ0n) is 18.1. The van der Waals surface area contributed by atoms with Gasteiger partial charge in [0.1, 0.15) is 0 Å². The smallest absolute Gasteiger partial charge is 0.279 e. The van der Waals surface area contributed by atoms with E-state index in [1.807, 2.05) is 30.5 Å². The number of halogens is 1. The van der Waals surface area contributed by atoms with Crippen LogP contribution in [0.2, 0.25) is 5.02 Å². The van der Waals surface area contributed by atoms with E-state index in [0.717, 1.165) is 23.1 Å². The fourth-order valence-electron chi connectivity index (χ4n) is 3.36. The molecule has 1 amide bonds. The van der Waals surface area contributed by atoms with Crippen molar-refractivity contribution >= 4 is 49.1 Å². The Morgan fingerprint density at radius 1 is 1.16 bits per heavy atom. The molecule has 1 heterocycles. The zero-order chi connectivity index (χ0) is 23.3. The Bertz CT molecular complexity index is 1290. The lowest BCUT2D eigenvalue weighted by Gasteiger charge is -2.21. The average Bonchev–Trinajstić information content (AvgIpc) is 3.09. The lowest BCUT2D eigenvalue weighted by atomic mass is 10.2. The van der Waals surface area contributed by atoms with Gasteiger partial charge in [0, 0.05) is 30.2 Å². The van der Waals surface area contributed by atoms with Crippen LogP contribution in [0.4, 0.5) is 0 Å². The molecule has 0 fully saturated rings. The lowest BCUT2D eigenvalue weighted by Crippen LogP contribution is -2.32. The molecule has 0 radical (unpaired) electrons. The quantitative estimate of drug-likeness (QED) is 0.391. The summed E-state index contributed by atoms with van der Waals surface area (Å²) in [7, 11) is -3.60. The minimum absolute atomic E-state index is 0.175. The number of hydrogen-bond donors (Lipinski definition) is 0. The molecule has 0 unspecified atom stereocenters. The lowest BCUT2D eigenvalue weighted by molar-refractivity contribution is 0.0998. The topological polar surface area (TPSA) is 71.7 Å². The summed E-state index contributed by atoms with van der Waals surface area (Å²) in [6.45, 7) is 9.10. The molecule has 0 saturated heterocycles. The zero-order valence-corrected chi connectivity index (χ0v) is 20.5. The Labute approximate surface area is 197 Å². The number of hydrogen-bond acceptors (Lipinski definition) is 4. The molecule has 0 atom stereocenters. The fourth-order valence-corrected chi connectivity index (χ4v) is 6.30. The number of carbonyl (C=O) groups excluding carboxylic acids is 1. The minimum Gasteiger partial charge on any atom is -0.312 e. The van der Waals surface area contributed by atoms with Crippen molar-refractivity contribution in [1.29, 1.82) is 0 Å². The van der Waals surface area contributed by atoms with Crippen molar-refractivity contribution in [3.05, 3.63) is 70.5 Å². The number of aromatic nitrogens is 1. The number of thiazole rings is 1. The second kappa shape index (κ2) is 10.6. The van der Waals surface area contributed by atoms with Gasteiger partial charge in [-0.25, -0.2) is 8.42 Å². The third-order valence-electron chi connectivity index (χ3n) is 4.84. The maximum Gasteiger partial charge on any atom is 0.279 e. The largest absolute Gasteiger partial charge is 0.312 e. The minimum atomic E-state index is -3.60. The fraction of sp³-hybridized carbons (Fsp3) is 0.304. The molecule has 1 aromatic heterocycles. The van der Waals surface area contributed by atoms with Gasteiger partial charge in [0.25, 0.3) is 5.91 Å². The van der Waals surface area contributed by atoms with Gasteiger partial charge in [-0.1, -0.05) is 42.9 Å². The Kier molecular flexibility index (Phi) is 8.05. The van der Waals surface area contributed by atoms with Crippen LogP contribution in [0.1, 0.15) is 37.0 Å². The highest BCUT2D eigenvalue weighted by Gasteiger charge is 2.23. The summed E-state index contributed by atoms with van der Waals surface area (Å²) >= 11 is 7.46. The molecular formula is C23H26ClN3O3S2. The summed E-state index contributed by atoms with van der Waals surface area (Å²) in [6.07, 6.45) is 3.21. The van der Waals surface area contributed by atoms with Gasteiger partial charge in [0.05, 0.1) is 15.1 Å². The van der Waals surface area contributed by atoms with Crippen LogP contribution in [0.15, 0.2) is 65.0 Å². The van der Waals surface area contributed by atoms with Crippen molar-refractivity contribution in [2.24, 2.45) is 4.99 Å². The number of benzene rings is 2. The molecule has 0 spiro atoms.